The number of rotatable bonds is 7. The fourth-order valence-corrected chi connectivity index (χ4v) is 2.28. The molecule has 0 aliphatic carbocycles. The summed E-state index contributed by atoms with van der Waals surface area (Å²) < 4.78 is 7.78. The Kier molecular flexibility index (Phi) is 5.04. The predicted molar refractivity (Wildman–Crippen MR) is 83.7 cm³/mol. The standard InChI is InChI=1S/C17H21NO3/c1-3-12-21-16-7-5-6-15-14(16)9-11-18(15)10-8-13(4-2)17(19)20/h5-9,11H,3-4,10,12H2,1-2H3,(H,19,20)/b13-8-. The van der Waals surface area contributed by atoms with Crippen LogP contribution in [-0.2, 0) is 11.3 Å². The Morgan fingerprint density at radius 3 is 2.81 bits per heavy atom. The average Bonchev–Trinajstić information content (AvgIpc) is 2.89. The number of nitrogens with zero attached hydrogens (tertiary/aromatic N) is 1. The lowest BCUT2D eigenvalue weighted by Gasteiger charge is -2.07. The minimum absolute atomic E-state index is 0.440. The van der Waals surface area contributed by atoms with Gasteiger partial charge in [-0.2, -0.15) is 0 Å². The SMILES string of the molecule is CCCOc1cccc2c1ccn2C/C=C(/CC)C(=O)O. The summed E-state index contributed by atoms with van der Waals surface area (Å²) in [5, 5.41) is 10.1. The second-order valence-electron chi connectivity index (χ2n) is 4.89. The van der Waals surface area contributed by atoms with Crippen molar-refractivity contribution in [2.45, 2.75) is 33.2 Å². The van der Waals surface area contributed by atoms with Gasteiger partial charge in [0.15, 0.2) is 0 Å². The minimum atomic E-state index is -0.846. The first-order valence-electron chi connectivity index (χ1n) is 7.30. The number of benzene rings is 1. The quantitative estimate of drug-likeness (QED) is 0.787. The molecule has 1 aromatic heterocycles. The molecule has 0 atom stereocenters. The zero-order valence-corrected chi connectivity index (χ0v) is 12.5. The number of aromatic nitrogens is 1. The number of fused-ring (bicyclic) bond motifs is 1. The van der Waals surface area contributed by atoms with E-state index in [0.29, 0.717) is 25.1 Å². The number of allylic oxidation sites excluding steroid dienone is 1. The lowest BCUT2D eigenvalue weighted by molar-refractivity contribution is -0.132. The molecular weight excluding hydrogens is 266 g/mol. The van der Waals surface area contributed by atoms with Crippen LogP contribution in [0.25, 0.3) is 10.9 Å². The van der Waals surface area contributed by atoms with Crippen LogP contribution in [0.15, 0.2) is 42.1 Å². The first kappa shape index (κ1) is 15.2. The van der Waals surface area contributed by atoms with Crippen molar-refractivity contribution in [1.82, 2.24) is 4.57 Å². The van der Waals surface area contributed by atoms with Gasteiger partial charge in [0.2, 0.25) is 0 Å². The molecule has 1 aromatic carbocycles. The predicted octanol–water partition coefficient (Wildman–Crippen LogP) is 3.85. The van der Waals surface area contributed by atoms with E-state index < -0.39 is 5.97 Å². The van der Waals surface area contributed by atoms with E-state index in [9.17, 15) is 4.79 Å². The fourth-order valence-electron chi connectivity index (χ4n) is 2.28. The molecule has 0 unspecified atom stereocenters. The topological polar surface area (TPSA) is 51.5 Å². The highest BCUT2D eigenvalue weighted by Crippen LogP contribution is 2.26. The lowest BCUT2D eigenvalue weighted by atomic mass is 10.2. The summed E-state index contributed by atoms with van der Waals surface area (Å²) in [4.78, 5) is 11.0. The number of hydrogen-bond donors (Lipinski definition) is 1. The van der Waals surface area contributed by atoms with Crippen molar-refractivity contribution in [2.75, 3.05) is 6.61 Å². The van der Waals surface area contributed by atoms with Gasteiger partial charge in [-0.1, -0.05) is 26.0 Å². The molecule has 4 nitrogen and oxygen atoms in total. The van der Waals surface area contributed by atoms with Crippen molar-refractivity contribution in [2.24, 2.45) is 0 Å². The van der Waals surface area contributed by atoms with Crippen LogP contribution in [0, 0.1) is 0 Å². The smallest absolute Gasteiger partial charge is 0.331 e. The Morgan fingerprint density at radius 2 is 2.14 bits per heavy atom. The molecule has 0 saturated carbocycles. The molecule has 0 aliphatic heterocycles. The van der Waals surface area contributed by atoms with Crippen LogP contribution in [0.1, 0.15) is 26.7 Å². The van der Waals surface area contributed by atoms with Crippen molar-refractivity contribution in [1.29, 1.82) is 0 Å². The van der Waals surface area contributed by atoms with E-state index >= 15 is 0 Å². The van der Waals surface area contributed by atoms with Crippen LogP contribution in [0.2, 0.25) is 0 Å². The normalized spacial score (nSPS) is 11.8. The van der Waals surface area contributed by atoms with Gasteiger partial charge in [0.1, 0.15) is 5.75 Å². The molecular formula is C17H21NO3. The Balaban J connectivity index is 2.28. The van der Waals surface area contributed by atoms with Gasteiger partial charge in [-0.05, 0) is 31.0 Å². The highest BCUT2D eigenvalue weighted by Gasteiger charge is 2.07. The molecule has 0 amide bonds. The van der Waals surface area contributed by atoms with E-state index in [1.807, 2.05) is 42.0 Å². The summed E-state index contributed by atoms with van der Waals surface area (Å²) in [7, 11) is 0. The molecule has 4 heteroatoms. The molecule has 1 heterocycles. The van der Waals surface area contributed by atoms with Gasteiger partial charge in [0.25, 0.3) is 0 Å². The molecule has 1 N–H and O–H groups in total. The molecule has 0 fully saturated rings. The van der Waals surface area contributed by atoms with Crippen LogP contribution in [0.3, 0.4) is 0 Å². The van der Waals surface area contributed by atoms with E-state index in [1.165, 1.54) is 0 Å². The van der Waals surface area contributed by atoms with Crippen LogP contribution >= 0.6 is 0 Å². The van der Waals surface area contributed by atoms with Crippen molar-refractivity contribution >= 4 is 16.9 Å². The summed E-state index contributed by atoms with van der Waals surface area (Å²) in [6.45, 7) is 5.18. The van der Waals surface area contributed by atoms with E-state index in [2.05, 4.69) is 6.92 Å². The Hall–Kier alpha value is -2.23. The van der Waals surface area contributed by atoms with E-state index in [4.69, 9.17) is 9.84 Å². The van der Waals surface area contributed by atoms with Crippen LogP contribution < -0.4 is 4.74 Å². The molecule has 21 heavy (non-hydrogen) atoms. The number of carboxylic acids is 1. The molecule has 0 spiro atoms. The van der Waals surface area contributed by atoms with Gasteiger partial charge in [0.05, 0.1) is 12.1 Å². The van der Waals surface area contributed by atoms with Gasteiger partial charge in [0, 0.05) is 23.7 Å². The Bertz CT molecular complexity index is 655. The summed E-state index contributed by atoms with van der Waals surface area (Å²) in [6, 6.07) is 7.97. The van der Waals surface area contributed by atoms with Crippen molar-refractivity contribution in [3.63, 3.8) is 0 Å². The maximum Gasteiger partial charge on any atom is 0.331 e. The van der Waals surface area contributed by atoms with Crippen molar-refractivity contribution in [3.05, 3.63) is 42.1 Å². The molecule has 2 rings (SSSR count). The maximum absolute atomic E-state index is 11.0. The zero-order valence-electron chi connectivity index (χ0n) is 12.5. The number of hydrogen-bond acceptors (Lipinski definition) is 2. The third-order valence-corrected chi connectivity index (χ3v) is 3.43. The molecule has 0 radical (unpaired) electrons. The zero-order chi connectivity index (χ0) is 15.2. The van der Waals surface area contributed by atoms with Gasteiger partial charge >= 0.3 is 5.97 Å². The Labute approximate surface area is 124 Å². The van der Waals surface area contributed by atoms with Crippen LogP contribution in [-0.4, -0.2) is 22.2 Å². The largest absolute Gasteiger partial charge is 0.493 e. The van der Waals surface area contributed by atoms with E-state index in [-0.39, 0.29) is 0 Å². The second kappa shape index (κ2) is 6.97. The number of carbonyl (C=O) groups is 1. The first-order chi connectivity index (χ1) is 10.2. The summed E-state index contributed by atoms with van der Waals surface area (Å²) in [5.74, 6) is 0.0342. The van der Waals surface area contributed by atoms with Gasteiger partial charge in [-0.3, -0.25) is 0 Å². The lowest BCUT2D eigenvalue weighted by Crippen LogP contribution is -2.02. The number of aliphatic carboxylic acids is 1. The third kappa shape index (κ3) is 3.45. The van der Waals surface area contributed by atoms with Gasteiger partial charge < -0.3 is 14.4 Å². The number of carboxylic acid groups (broad SMARTS) is 1. The molecule has 0 bridgehead atoms. The van der Waals surface area contributed by atoms with Crippen molar-refractivity contribution in [3.8, 4) is 5.75 Å². The van der Waals surface area contributed by atoms with E-state index in [0.717, 1.165) is 23.1 Å². The molecule has 112 valence electrons. The van der Waals surface area contributed by atoms with Crippen LogP contribution in [0.5, 0.6) is 5.75 Å². The summed E-state index contributed by atoms with van der Waals surface area (Å²) in [5.41, 5.74) is 1.50. The van der Waals surface area contributed by atoms with Crippen molar-refractivity contribution < 1.29 is 14.6 Å². The van der Waals surface area contributed by atoms with Crippen LogP contribution in [0.4, 0.5) is 0 Å². The fraction of sp³-hybridized carbons (Fsp3) is 0.353. The summed E-state index contributed by atoms with van der Waals surface area (Å²) >= 11 is 0. The minimum Gasteiger partial charge on any atom is -0.493 e. The maximum atomic E-state index is 11.0. The second-order valence-corrected chi connectivity index (χ2v) is 4.89. The Morgan fingerprint density at radius 1 is 1.33 bits per heavy atom. The monoisotopic (exact) mass is 287 g/mol. The molecule has 2 aromatic rings. The third-order valence-electron chi connectivity index (χ3n) is 3.43. The number of ether oxygens (including phenoxy) is 1. The molecule has 0 aliphatic rings. The molecule has 0 saturated heterocycles. The highest BCUT2D eigenvalue weighted by molar-refractivity contribution is 5.87. The van der Waals surface area contributed by atoms with E-state index in [1.54, 1.807) is 6.08 Å². The van der Waals surface area contributed by atoms with Gasteiger partial charge in [-0.25, -0.2) is 4.79 Å². The first-order valence-corrected chi connectivity index (χ1v) is 7.30. The highest BCUT2D eigenvalue weighted by atomic mass is 16.5. The summed E-state index contributed by atoms with van der Waals surface area (Å²) in [6.07, 6.45) is 5.23. The average molecular weight is 287 g/mol. The van der Waals surface area contributed by atoms with Gasteiger partial charge in [-0.15, -0.1) is 0 Å².